The molecule has 4 heteroatoms. The first-order valence-electron chi connectivity index (χ1n) is 5.63. The van der Waals surface area contributed by atoms with Crippen molar-refractivity contribution in [3.05, 3.63) is 23.2 Å². The summed E-state index contributed by atoms with van der Waals surface area (Å²) < 4.78 is 0. The molecule has 0 unspecified atom stereocenters. The Morgan fingerprint density at radius 2 is 1.76 bits per heavy atom. The van der Waals surface area contributed by atoms with Gasteiger partial charge in [0.2, 0.25) is 5.91 Å². The van der Waals surface area contributed by atoms with Crippen molar-refractivity contribution in [2.24, 2.45) is 5.41 Å². The maximum absolute atomic E-state index is 12.2. The van der Waals surface area contributed by atoms with Crippen LogP contribution in [0.2, 0.25) is 5.02 Å². The molecular formula is C13H17ClN2O. The van der Waals surface area contributed by atoms with Crippen molar-refractivity contribution in [3.63, 3.8) is 0 Å². The number of nitrogens with one attached hydrogen (secondary N) is 2. The lowest BCUT2D eigenvalue weighted by atomic mass is 9.74. The lowest BCUT2D eigenvalue weighted by molar-refractivity contribution is -0.126. The van der Waals surface area contributed by atoms with Crippen molar-refractivity contribution < 1.29 is 4.79 Å². The largest absolute Gasteiger partial charge is 0.377 e. The number of fused-ring (bicyclic) bond motifs is 1. The Hall–Kier alpha value is -1.22. The lowest BCUT2D eigenvalue weighted by Gasteiger charge is -2.39. The van der Waals surface area contributed by atoms with Crippen LogP contribution in [0.25, 0.3) is 0 Å². The highest BCUT2D eigenvalue weighted by atomic mass is 35.5. The van der Waals surface area contributed by atoms with Crippen molar-refractivity contribution in [1.29, 1.82) is 0 Å². The summed E-state index contributed by atoms with van der Waals surface area (Å²) >= 11 is 5.94. The van der Waals surface area contributed by atoms with Crippen LogP contribution in [-0.4, -0.2) is 11.4 Å². The van der Waals surface area contributed by atoms with Gasteiger partial charge in [0.05, 0.1) is 16.8 Å². The summed E-state index contributed by atoms with van der Waals surface area (Å²) in [6.45, 7) is 7.91. The molecule has 0 saturated heterocycles. The maximum atomic E-state index is 12.2. The fraction of sp³-hybridized carbons (Fsp3) is 0.462. The Labute approximate surface area is 107 Å². The Morgan fingerprint density at radius 3 is 2.41 bits per heavy atom. The van der Waals surface area contributed by atoms with Crippen LogP contribution in [0.4, 0.5) is 11.4 Å². The second kappa shape index (κ2) is 3.64. The van der Waals surface area contributed by atoms with Crippen LogP contribution in [0.3, 0.4) is 0 Å². The molecule has 1 heterocycles. The Kier molecular flexibility index (Phi) is 2.62. The minimum Gasteiger partial charge on any atom is -0.377 e. The molecule has 17 heavy (non-hydrogen) atoms. The van der Waals surface area contributed by atoms with E-state index >= 15 is 0 Å². The summed E-state index contributed by atoms with van der Waals surface area (Å²) in [4.78, 5) is 12.2. The summed E-state index contributed by atoms with van der Waals surface area (Å²) in [6.07, 6.45) is 0. The van der Waals surface area contributed by atoms with Crippen LogP contribution in [0.15, 0.2) is 18.2 Å². The molecular weight excluding hydrogens is 236 g/mol. The van der Waals surface area contributed by atoms with E-state index in [1.54, 1.807) is 6.07 Å². The summed E-state index contributed by atoms with van der Waals surface area (Å²) in [6, 6.07) is 5.47. The standard InChI is InChI=1S/C13H17ClN2O/c1-12(2)11(17)15-10-7-8(14)5-6-9(10)16-13(12,3)4/h5-7,16H,1-4H3,(H,15,17). The minimum absolute atomic E-state index is 0.00369. The number of carbonyl (C=O) groups is 1. The van der Waals surface area contributed by atoms with Gasteiger partial charge in [0.1, 0.15) is 0 Å². The van der Waals surface area contributed by atoms with E-state index in [0.717, 1.165) is 11.4 Å². The van der Waals surface area contributed by atoms with Gasteiger partial charge in [-0.25, -0.2) is 0 Å². The average molecular weight is 253 g/mol. The quantitative estimate of drug-likeness (QED) is 0.742. The van der Waals surface area contributed by atoms with Crippen molar-refractivity contribution in [3.8, 4) is 0 Å². The van der Waals surface area contributed by atoms with Crippen LogP contribution < -0.4 is 10.6 Å². The van der Waals surface area contributed by atoms with Gasteiger partial charge in [-0.15, -0.1) is 0 Å². The highest BCUT2D eigenvalue weighted by Gasteiger charge is 2.45. The van der Waals surface area contributed by atoms with E-state index in [4.69, 9.17) is 11.6 Å². The molecule has 0 atom stereocenters. The molecule has 0 radical (unpaired) electrons. The number of hydrogen-bond acceptors (Lipinski definition) is 2. The lowest BCUT2D eigenvalue weighted by Crippen LogP contribution is -2.50. The molecule has 2 rings (SSSR count). The number of hydrogen-bond donors (Lipinski definition) is 2. The molecule has 0 spiro atoms. The first-order chi connectivity index (χ1) is 7.74. The maximum Gasteiger partial charge on any atom is 0.232 e. The molecule has 3 nitrogen and oxygen atoms in total. The summed E-state index contributed by atoms with van der Waals surface area (Å²) in [5, 5.41) is 6.94. The van der Waals surface area contributed by atoms with Gasteiger partial charge in [-0.1, -0.05) is 11.6 Å². The van der Waals surface area contributed by atoms with Gasteiger partial charge in [-0.2, -0.15) is 0 Å². The Morgan fingerprint density at radius 1 is 1.12 bits per heavy atom. The Balaban J connectivity index is 2.55. The van der Waals surface area contributed by atoms with Crippen LogP contribution in [0, 0.1) is 5.41 Å². The summed E-state index contributed by atoms with van der Waals surface area (Å²) in [7, 11) is 0. The van der Waals surface area contributed by atoms with E-state index in [-0.39, 0.29) is 11.4 Å². The van der Waals surface area contributed by atoms with Gasteiger partial charge >= 0.3 is 0 Å². The summed E-state index contributed by atoms with van der Waals surface area (Å²) in [5.74, 6) is -0.00369. The predicted molar refractivity (Wildman–Crippen MR) is 71.6 cm³/mol. The van der Waals surface area contributed by atoms with E-state index in [2.05, 4.69) is 10.6 Å². The highest BCUT2D eigenvalue weighted by Crippen LogP contribution is 2.40. The molecule has 0 fully saturated rings. The topological polar surface area (TPSA) is 41.1 Å². The van der Waals surface area contributed by atoms with Crippen molar-refractivity contribution in [2.75, 3.05) is 10.6 Å². The fourth-order valence-electron chi connectivity index (χ4n) is 1.78. The van der Waals surface area contributed by atoms with Crippen LogP contribution >= 0.6 is 11.6 Å². The van der Waals surface area contributed by atoms with Crippen molar-refractivity contribution in [1.82, 2.24) is 0 Å². The monoisotopic (exact) mass is 252 g/mol. The molecule has 92 valence electrons. The second-order valence-electron chi connectivity index (χ2n) is 5.52. The molecule has 0 saturated carbocycles. The first-order valence-corrected chi connectivity index (χ1v) is 6.01. The van der Waals surface area contributed by atoms with Crippen molar-refractivity contribution in [2.45, 2.75) is 33.2 Å². The number of amides is 1. The van der Waals surface area contributed by atoms with Crippen LogP contribution in [0.1, 0.15) is 27.7 Å². The zero-order valence-corrected chi connectivity index (χ0v) is 11.3. The number of carbonyl (C=O) groups excluding carboxylic acids is 1. The smallest absolute Gasteiger partial charge is 0.232 e. The van der Waals surface area contributed by atoms with Gasteiger partial charge in [-0.3, -0.25) is 4.79 Å². The third kappa shape index (κ3) is 1.89. The Bertz CT molecular complexity index is 480. The molecule has 1 aromatic carbocycles. The predicted octanol–water partition coefficient (Wildman–Crippen LogP) is 3.51. The fourth-order valence-corrected chi connectivity index (χ4v) is 1.96. The molecule has 0 aliphatic carbocycles. The van der Waals surface area contributed by atoms with Gasteiger partial charge in [0.25, 0.3) is 0 Å². The molecule has 1 aliphatic rings. The van der Waals surface area contributed by atoms with E-state index in [0.29, 0.717) is 5.02 Å². The molecule has 2 N–H and O–H groups in total. The highest BCUT2D eigenvalue weighted by molar-refractivity contribution is 6.31. The SMILES string of the molecule is CC1(C)Nc2ccc(Cl)cc2NC(=O)C1(C)C. The number of benzene rings is 1. The second-order valence-corrected chi connectivity index (χ2v) is 5.96. The minimum atomic E-state index is -0.515. The van der Waals surface area contributed by atoms with E-state index in [1.165, 1.54) is 0 Å². The molecule has 0 aromatic heterocycles. The van der Waals surface area contributed by atoms with Crippen LogP contribution in [-0.2, 0) is 4.79 Å². The van der Waals surface area contributed by atoms with E-state index in [1.807, 2.05) is 39.8 Å². The van der Waals surface area contributed by atoms with Crippen molar-refractivity contribution >= 4 is 28.9 Å². The van der Waals surface area contributed by atoms with E-state index < -0.39 is 5.41 Å². The molecule has 1 aromatic rings. The molecule has 1 amide bonds. The number of rotatable bonds is 0. The number of anilines is 2. The third-order valence-electron chi connectivity index (χ3n) is 3.81. The zero-order valence-electron chi connectivity index (χ0n) is 10.5. The zero-order chi connectivity index (χ0) is 12.8. The van der Waals surface area contributed by atoms with Gasteiger partial charge in [0.15, 0.2) is 0 Å². The average Bonchev–Trinajstić information content (AvgIpc) is 2.26. The summed E-state index contributed by atoms with van der Waals surface area (Å²) in [5.41, 5.74) is 0.786. The van der Waals surface area contributed by atoms with Gasteiger partial charge in [0, 0.05) is 10.6 Å². The van der Waals surface area contributed by atoms with Gasteiger partial charge < -0.3 is 10.6 Å². The first kappa shape index (κ1) is 12.2. The molecule has 0 bridgehead atoms. The van der Waals surface area contributed by atoms with Gasteiger partial charge in [-0.05, 0) is 45.9 Å². The normalized spacial score (nSPS) is 20.9. The number of halogens is 1. The molecule has 1 aliphatic heterocycles. The third-order valence-corrected chi connectivity index (χ3v) is 4.04. The van der Waals surface area contributed by atoms with E-state index in [9.17, 15) is 4.79 Å². The van der Waals surface area contributed by atoms with Crippen LogP contribution in [0.5, 0.6) is 0 Å².